The van der Waals surface area contributed by atoms with Crippen LogP contribution in [0.25, 0.3) is 0 Å². The molecule has 0 aromatic heterocycles. The molecule has 0 saturated heterocycles. The molecule has 0 atom stereocenters. The minimum Gasteiger partial charge on any atom is -0.481 e. The Kier molecular flexibility index (Phi) is 5.17. The highest BCUT2D eigenvalue weighted by atomic mass is 16.4. The number of para-hydroxylation sites is 1. The minimum atomic E-state index is -0.966. The molecule has 5 nitrogen and oxygen atoms in total. The van der Waals surface area contributed by atoms with E-state index in [4.69, 9.17) is 10.2 Å². The molecule has 0 aliphatic rings. The summed E-state index contributed by atoms with van der Waals surface area (Å²) < 4.78 is 0. The summed E-state index contributed by atoms with van der Waals surface area (Å²) in [5.41, 5.74) is 1.81. The number of nitrogens with zero attached hydrogens (tertiary/aromatic N) is 1. The van der Waals surface area contributed by atoms with Crippen molar-refractivity contribution >= 4 is 17.6 Å². The first-order chi connectivity index (χ1) is 8.54. The molecule has 18 heavy (non-hydrogen) atoms. The number of hydrogen-bond donors (Lipinski definition) is 2. The molecule has 0 heterocycles. The fraction of sp³-hybridized carbons (Fsp3) is 0.385. The second-order valence-corrected chi connectivity index (χ2v) is 3.94. The van der Waals surface area contributed by atoms with Crippen LogP contribution in [-0.2, 0) is 16.0 Å². The lowest BCUT2D eigenvalue weighted by Gasteiger charge is -2.24. The van der Waals surface area contributed by atoms with Gasteiger partial charge < -0.3 is 15.1 Å². The van der Waals surface area contributed by atoms with Gasteiger partial charge in [-0.3, -0.25) is 9.59 Å². The summed E-state index contributed by atoms with van der Waals surface area (Å²) >= 11 is 0. The SMILES string of the molecule is CCc1ccccc1N(CCC(=O)O)CC(=O)O. The molecule has 0 radical (unpaired) electrons. The first-order valence-corrected chi connectivity index (χ1v) is 5.81. The third kappa shape index (κ3) is 4.08. The summed E-state index contributed by atoms with van der Waals surface area (Å²) in [7, 11) is 0. The summed E-state index contributed by atoms with van der Waals surface area (Å²) in [6.07, 6.45) is 0.699. The predicted octanol–water partition coefficient (Wildman–Crippen LogP) is 1.61. The highest BCUT2D eigenvalue weighted by Gasteiger charge is 2.14. The number of hydrogen-bond acceptors (Lipinski definition) is 3. The molecule has 0 aliphatic heterocycles. The molecule has 1 rings (SSSR count). The quantitative estimate of drug-likeness (QED) is 0.769. The van der Waals surface area contributed by atoms with E-state index < -0.39 is 11.9 Å². The zero-order chi connectivity index (χ0) is 13.5. The van der Waals surface area contributed by atoms with Gasteiger partial charge in [-0.1, -0.05) is 25.1 Å². The van der Waals surface area contributed by atoms with E-state index in [0.29, 0.717) is 0 Å². The van der Waals surface area contributed by atoms with E-state index in [0.717, 1.165) is 17.7 Å². The summed E-state index contributed by atoms with van der Waals surface area (Å²) in [5.74, 6) is -1.90. The molecule has 2 N–H and O–H groups in total. The maximum absolute atomic E-state index is 10.8. The minimum absolute atomic E-state index is 0.0780. The third-order valence-electron chi connectivity index (χ3n) is 2.63. The Bertz CT molecular complexity index is 431. The summed E-state index contributed by atoms with van der Waals surface area (Å²) in [6.45, 7) is 1.98. The molecular formula is C13H17NO4. The van der Waals surface area contributed by atoms with Crippen molar-refractivity contribution in [2.45, 2.75) is 19.8 Å². The van der Waals surface area contributed by atoms with Crippen molar-refractivity contribution in [1.29, 1.82) is 0 Å². The van der Waals surface area contributed by atoms with Crippen molar-refractivity contribution in [1.82, 2.24) is 0 Å². The molecule has 1 aromatic carbocycles. The molecule has 0 spiro atoms. The summed E-state index contributed by atoms with van der Waals surface area (Å²) in [5, 5.41) is 17.6. The van der Waals surface area contributed by atoms with Crippen molar-refractivity contribution in [2.24, 2.45) is 0 Å². The van der Waals surface area contributed by atoms with Crippen molar-refractivity contribution < 1.29 is 19.8 Å². The Balaban J connectivity index is 2.92. The van der Waals surface area contributed by atoms with Gasteiger partial charge in [-0.25, -0.2) is 0 Å². The van der Waals surface area contributed by atoms with Crippen LogP contribution >= 0.6 is 0 Å². The molecule has 0 amide bonds. The maximum Gasteiger partial charge on any atom is 0.323 e. The lowest BCUT2D eigenvalue weighted by atomic mass is 10.1. The Hall–Kier alpha value is -2.04. The molecule has 0 bridgehead atoms. The highest BCUT2D eigenvalue weighted by Crippen LogP contribution is 2.21. The van der Waals surface area contributed by atoms with E-state index in [9.17, 15) is 9.59 Å². The molecule has 0 aliphatic carbocycles. The average molecular weight is 251 g/mol. The third-order valence-corrected chi connectivity index (χ3v) is 2.63. The van der Waals surface area contributed by atoms with Gasteiger partial charge >= 0.3 is 11.9 Å². The van der Waals surface area contributed by atoms with E-state index in [-0.39, 0.29) is 19.5 Å². The number of aliphatic carboxylic acids is 2. The van der Waals surface area contributed by atoms with Crippen LogP contribution in [0.2, 0.25) is 0 Å². The topological polar surface area (TPSA) is 77.8 Å². The first kappa shape index (κ1) is 14.0. The largest absolute Gasteiger partial charge is 0.481 e. The second kappa shape index (κ2) is 6.64. The van der Waals surface area contributed by atoms with Crippen LogP contribution in [0.4, 0.5) is 5.69 Å². The van der Waals surface area contributed by atoms with Gasteiger partial charge in [0.05, 0.1) is 6.42 Å². The van der Waals surface area contributed by atoms with Gasteiger partial charge in [0.1, 0.15) is 6.54 Å². The van der Waals surface area contributed by atoms with E-state index in [2.05, 4.69) is 0 Å². The van der Waals surface area contributed by atoms with Gasteiger partial charge in [0.2, 0.25) is 0 Å². The lowest BCUT2D eigenvalue weighted by Crippen LogP contribution is -2.32. The second-order valence-electron chi connectivity index (χ2n) is 3.94. The molecule has 0 unspecified atom stereocenters. The van der Waals surface area contributed by atoms with Crippen molar-refractivity contribution in [2.75, 3.05) is 18.0 Å². The number of aryl methyl sites for hydroxylation is 1. The number of carboxylic acids is 2. The summed E-state index contributed by atoms with van der Waals surface area (Å²) in [6, 6.07) is 7.46. The molecule has 5 heteroatoms. The highest BCUT2D eigenvalue weighted by molar-refractivity contribution is 5.75. The molecule has 0 saturated carbocycles. The average Bonchev–Trinajstić information content (AvgIpc) is 2.33. The Labute approximate surface area is 106 Å². The lowest BCUT2D eigenvalue weighted by molar-refractivity contribution is -0.138. The summed E-state index contributed by atoms with van der Waals surface area (Å²) in [4.78, 5) is 23.0. The van der Waals surface area contributed by atoms with Crippen molar-refractivity contribution in [3.05, 3.63) is 29.8 Å². The van der Waals surface area contributed by atoms with Gasteiger partial charge in [-0.05, 0) is 18.1 Å². The van der Waals surface area contributed by atoms with Crippen LogP contribution in [-0.4, -0.2) is 35.2 Å². The van der Waals surface area contributed by atoms with Gasteiger partial charge in [0, 0.05) is 12.2 Å². The van der Waals surface area contributed by atoms with Gasteiger partial charge in [-0.2, -0.15) is 0 Å². The van der Waals surface area contributed by atoms with E-state index >= 15 is 0 Å². The van der Waals surface area contributed by atoms with E-state index in [1.54, 1.807) is 4.90 Å². The van der Waals surface area contributed by atoms with Gasteiger partial charge in [-0.15, -0.1) is 0 Å². The van der Waals surface area contributed by atoms with Crippen LogP contribution in [0.1, 0.15) is 18.9 Å². The Morgan fingerprint density at radius 1 is 1.17 bits per heavy atom. The van der Waals surface area contributed by atoms with Crippen LogP contribution in [0.3, 0.4) is 0 Å². The van der Waals surface area contributed by atoms with Crippen LogP contribution in [0.15, 0.2) is 24.3 Å². The maximum atomic E-state index is 10.8. The zero-order valence-electron chi connectivity index (χ0n) is 10.3. The fourth-order valence-corrected chi connectivity index (χ4v) is 1.80. The number of rotatable bonds is 7. The number of benzene rings is 1. The number of carboxylic acid groups (broad SMARTS) is 2. The smallest absolute Gasteiger partial charge is 0.323 e. The molecule has 0 fully saturated rings. The normalized spacial score (nSPS) is 10.1. The first-order valence-electron chi connectivity index (χ1n) is 5.81. The van der Waals surface area contributed by atoms with Gasteiger partial charge in [0.15, 0.2) is 0 Å². The van der Waals surface area contributed by atoms with E-state index in [1.165, 1.54) is 0 Å². The van der Waals surface area contributed by atoms with Crippen molar-refractivity contribution in [3.8, 4) is 0 Å². The predicted molar refractivity (Wildman–Crippen MR) is 67.9 cm³/mol. The molecule has 1 aromatic rings. The van der Waals surface area contributed by atoms with Crippen molar-refractivity contribution in [3.63, 3.8) is 0 Å². The molecular weight excluding hydrogens is 234 g/mol. The zero-order valence-corrected chi connectivity index (χ0v) is 10.3. The monoisotopic (exact) mass is 251 g/mol. The Morgan fingerprint density at radius 2 is 1.83 bits per heavy atom. The number of carbonyl (C=O) groups is 2. The standard InChI is InChI=1S/C13H17NO4/c1-2-10-5-3-4-6-11(10)14(9-13(17)18)8-7-12(15)16/h3-6H,2,7-9H2,1H3,(H,15,16)(H,17,18). The number of anilines is 1. The Morgan fingerprint density at radius 3 is 2.39 bits per heavy atom. The van der Waals surface area contributed by atoms with E-state index in [1.807, 2.05) is 31.2 Å². The van der Waals surface area contributed by atoms with Crippen LogP contribution in [0.5, 0.6) is 0 Å². The van der Waals surface area contributed by atoms with Gasteiger partial charge in [0.25, 0.3) is 0 Å². The van der Waals surface area contributed by atoms with Crippen LogP contribution in [0, 0.1) is 0 Å². The van der Waals surface area contributed by atoms with Crippen LogP contribution < -0.4 is 4.90 Å². The molecule has 98 valence electrons. The fourth-order valence-electron chi connectivity index (χ4n) is 1.80.